The second-order valence-electron chi connectivity index (χ2n) is 11.2. The molecule has 4 rings (SSSR count). The minimum absolute atomic E-state index is 0.106. The Morgan fingerprint density at radius 2 is 1.83 bits per heavy atom. The molecule has 218 valence electrons. The number of benzene rings is 2. The SMILES string of the molecule is CCC(Sc1cccc(NC(=O)COc2ccccc2)c1)C(=O)Nc1sc2c(c1C(=O)OC)CCC(C(C)(C)C)C2. The van der Waals surface area contributed by atoms with Gasteiger partial charge in [0, 0.05) is 15.5 Å². The van der Waals surface area contributed by atoms with Crippen LogP contribution in [0.25, 0.3) is 0 Å². The van der Waals surface area contributed by atoms with Crippen molar-refractivity contribution in [2.45, 2.75) is 63.5 Å². The Kier molecular flexibility index (Phi) is 10.1. The zero-order valence-corrected chi connectivity index (χ0v) is 25.9. The van der Waals surface area contributed by atoms with Gasteiger partial charge in [-0.1, -0.05) is 52.0 Å². The molecule has 7 nitrogen and oxygen atoms in total. The number of para-hydroxylation sites is 1. The van der Waals surface area contributed by atoms with Gasteiger partial charge in [0.1, 0.15) is 10.8 Å². The number of methoxy groups -OCH3 is 1. The summed E-state index contributed by atoms with van der Waals surface area (Å²) in [7, 11) is 1.38. The quantitative estimate of drug-likeness (QED) is 0.190. The zero-order valence-electron chi connectivity index (χ0n) is 24.2. The molecule has 2 unspecified atom stereocenters. The van der Waals surface area contributed by atoms with Crippen molar-refractivity contribution in [1.29, 1.82) is 0 Å². The van der Waals surface area contributed by atoms with Gasteiger partial charge in [0.05, 0.1) is 17.9 Å². The van der Waals surface area contributed by atoms with Crippen LogP contribution in [0.3, 0.4) is 0 Å². The highest BCUT2D eigenvalue weighted by molar-refractivity contribution is 8.00. The van der Waals surface area contributed by atoms with Crippen LogP contribution in [-0.4, -0.2) is 36.8 Å². The van der Waals surface area contributed by atoms with Gasteiger partial charge in [-0.3, -0.25) is 9.59 Å². The number of anilines is 2. The average molecular weight is 595 g/mol. The molecule has 0 fully saturated rings. The molecule has 0 spiro atoms. The Bertz CT molecular complexity index is 1380. The summed E-state index contributed by atoms with van der Waals surface area (Å²) in [6, 6.07) is 16.6. The lowest BCUT2D eigenvalue weighted by Crippen LogP contribution is -2.27. The number of carbonyl (C=O) groups is 3. The van der Waals surface area contributed by atoms with Crippen LogP contribution >= 0.6 is 23.1 Å². The Balaban J connectivity index is 1.43. The van der Waals surface area contributed by atoms with Crippen LogP contribution in [-0.2, 0) is 27.2 Å². The predicted octanol–water partition coefficient (Wildman–Crippen LogP) is 7.21. The van der Waals surface area contributed by atoms with Crippen molar-refractivity contribution in [1.82, 2.24) is 0 Å². The van der Waals surface area contributed by atoms with E-state index in [1.807, 2.05) is 43.3 Å². The minimum atomic E-state index is -0.410. The van der Waals surface area contributed by atoms with Crippen LogP contribution in [0.5, 0.6) is 5.75 Å². The Hall–Kier alpha value is -3.30. The van der Waals surface area contributed by atoms with Crippen molar-refractivity contribution in [3.05, 3.63) is 70.6 Å². The summed E-state index contributed by atoms with van der Waals surface area (Å²) in [5, 5.41) is 6.09. The summed E-state index contributed by atoms with van der Waals surface area (Å²) in [6.07, 6.45) is 3.28. The molecule has 0 saturated carbocycles. The minimum Gasteiger partial charge on any atom is -0.484 e. The number of fused-ring (bicyclic) bond motifs is 1. The number of nitrogens with one attached hydrogen (secondary N) is 2. The van der Waals surface area contributed by atoms with Gasteiger partial charge in [-0.05, 0) is 72.9 Å². The molecule has 41 heavy (non-hydrogen) atoms. The number of amides is 2. The fourth-order valence-corrected chi connectivity index (χ4v) is 7.25. The van der Waals surface area contributed by atoms with Crippen LogP contribution in [0.2, 0.25) is 0 Å². The topological polar surface area (TPSA) is 93.7 Å². The molecule has 0 radical (unpaired) electrons. The van der Waals surface area contributed by atoms with Gasteiger partial charge in [0.25, 0.3) is 5.91 Å². The summed E-state index contributed by atoms with van der Waals surface area (Å²) in [4.78, 5) is 40.7. The van der Waals surface area contributed by atoms with Crippen molar-refractivity contribution in [3.8, 4) is 5.75 Å². The summed E-state index contributed by atoms with van der Waals surface area (Å²) in [5.74, 6) is 0.289. The van der Waals surface area contributed by atoms with Gasteiger partial charge in [0.15, 0.2) is 6.61 Å². The lowest BCUT2D eigenvalue weighted by Gasteiger charge is -2.33. The molecule has 1 aliphatic carbocycles. The molecule has 1 heterocycles. The molecule has 0 saturated heterocycles. The van der Waals surface area contributed by atoms with E-state index in [1.165, 1.54) is 30.2 Å². The Morgan fingerprint density at radius 1 is 1.07 bits per heavy atom. The lowest BCUT2D eigenvalue weighted by atomic mass is 9.72. The highest BCUT2D eigenvalue weighted by Gasteiger charge is 2.35. The Morgan fingerprint density at radius 3 is 2.51 bits per heavy atom. The van der Waals surface area contributed by atoms with Gasteiger partial charge >= 0.3 is 5.97 Å². The van der Waals surface area contributed by atoms with Crippen molar-refractivity contribution >= 4 is 51.6 Å². The molecular formula is C32H38N2O5S2. The van der Waals surface area contributed by atoms with E-state index in [4.69, 9.17) is 9.47 Å². The summed E-state index contributed by atoms with van der Waals surface area (Å²) in [5.41, 5.74) is 2.30. The van der Waals surface area contributed by atoms with Crippen molar-refractivity contribution in [2.75, 3.05) is 24.4 Å². The van der Waals surface area contributed by atoms with E-state index >= 15 is 0 Å². The molecule has 2 aromatic carbocycles. The van der Waals surface area contributed by atoms with E-state index in [2.05, 4.69) is 31.4 Å². The number of carbonyl (C=O) groups excluding carboxylic acids is 3. The van der Waals surface area contributed by atoms with Gasteiger partial charge < -0.3 is 20.1 Å². The van der Waals surface area contributed by atoms with E-state index in [9.17, 15) is 14.4 Å². The summed E-state index contributed by atoms with van der Waals surface area (Å²) in [6.45, 7) is 8.61. The van der Waals surface area contributed by atoms with Crippen molar-refractivity contribution < 1.29 is 23.9 Å². The van der Waals surface area contributed by atoms with Crippen LogP contribution in [0.15, 0.2) is 59.5 Å². The van der Waals surface area contributed by atoms with E-state index in [0.717, 1.165) is 34.6 Å². The highest BCUT2D eigenvalue weighted by Crippen LogP contribution is 2.44. The van der Waals surface area contributed by atoms with E-state index in [1.54, 1.807) is 18.2 Å². The van der Waals surface area contributed by atoms with Gasteiger partial charge in [-0.15, -0.1) is 23.1 Å². The molecular weight excluding hydrogens is 556 g/mol. The van der Waals surface area contributed by atoms with Gasteiger partial charge in [0.2, 0.25) is 5.91 Å². The van der Waals surface area contributed by atoms with Crippen LogP contribution in [0.4, 0.5) is 10.7 Å². The number of rotatable bonds is 10. The fourth-order valence-electron chi connectivity index (χ4n) is 4.92. The number of thiophene rings is 1. The maximum Gasteiger partial charge on any atom is 0.341 e. The molecule has 2 atom stereocenters. The maximum atomic E-state index is 13.5. The first-order chi connectivity index (χ1) is 19.6. The largest absolute Gasteiger partial charge is 0.484 e. The first kappa shape index (κ1) is 30.7. The normalized spacial score (nSPS) is 15.4. The van der Waals surface area contributed by atoms with E-state index in [-0.39, 0.29) is 23.8 Å². The van der Waals surface area contributed by atoms with E-state index in [0.29, 0.717) is 34.3 Å². The smallest absolute Gasteiger partial charge is 0.341 e. The first-order valence-corrected chi connectivity index (χ1v) is 15.6. The van der Waals surface area contributed by atoms with Crippen molar-refractivity contribution in [3.63, 3.8) is 0 Å². The number of hydrogen-bond acceptors (Lipinski definition) is 7. The molecule has 0 bridgehead atoms. The third-order valence-corrected chi connectivity index (χ3v) is 9.82. The highest BCUT2D eigenvalue weighted by atomic mass is 32.2. The molecule has 2 N–H and O–H groups in total. The Labute approximate surface area is 250 Å². The molecule has 3 aromatic rings. The van der Waals surface area contributed by atoms with Crippen molar-refractivity contribution in [2.24, 2.45) is 11.3 Å². The maximum absolute atomic E-state index is 13.5. The van der Waals surface area contributed by atoms with Gasteiger partial charge in [-0.2, -0.15) is 0 Å². The first-order valence-electron chi connectivity index (χ1n) is 13.9. The second kappa shape index (κ2) is 13.6. The summed E-state index contributed by atoms with van der Waals surface area (Å²) < 4.78 is 10.6. The lowest BCUT2D eigenvalue weighted by molar-refractivity contribution is -0.118. The molecule has 1 aliphatic rings. The number of thioether (sulfide) groups is 1. The number of hydrogen-bond donors (Lipinski definition) is 2. The third-order valence-electron chi connectivity index (χ3n) is 7.29. The molecule has 9 heteroatoms. The molecule has 1 aromatic heterocycles. The zero-order chi connectivity index (χ0) is 29.6. The second-order valence-corrected chi connectivity index (χ2v) is 13.6. The number of esters is 1. The standard InChI is InChI=1S/C32H38N2O5S2/c1-6-25(40-23-14-10-11-21(18-23)33-27(35)19-39-22-12-8-7-9-13-22)29(36)34-30-28(31(37)38-5)24-16-15-20(32(2,3)4)17-26(24)41-30/h7-14,18,20,25H,6,15-17,19H2,1-5H3,(H,33,35)(H,34,36). The third kappa shape index (κ3) is 7.92. The van der Waals surface area contributed by atoms with Gasteiger partial charge in [-0.25, -0.2) is 4.79 Å². The molecule has 0 aliphatic heterocycles. The molecule has 2 amide bonds. The summed E-state index contributed by atoms with van der Waals surface area (Å²) >= 11 is 2.92. The van der Waals surface area contributed by atoms with E-state index < -0.39 is 11.2 Å². The monoisotopic (exact) mass is 594 g/mol. The van der Waals surface area contributed by atoms with Crippen LogP contribution in [0, 0.1) is 11.3 Å². The van der Waals surface area contributed by atoms with Crippen LogP contribution < -0.4 is 15.4 Å². The average Bonchev–Trinajstić information content (AvgIpc) is 3.31. The fraction of sp³-hybridized carbons (Fsp3) is 0.406. The van der Waals surface area contributed by atoms with Crippen LogP contribution in [0.1, 0.15) is 61.3 Å². The number of ether oxygens (including phenoxy) is 2. The predicted molar refractivity (Wildman–Crippen MR) is 166 cm³/mol.